The average molecular weight is 212 g/mol. The van der Waals surface area contributed by atoms with E-state index < -0.39 is 0 Å². The maximum Gasteiger partial charge on any atom is 0.305 e. The van der Waals surface area contributed by atoms with Crippen LogP contribution in [0.5, 0.6) is 11.5 Å². The number of ether oxygens (including phenoxy) is 1. The molecule has 0 aromatic heterocycles. The molecule has 1 aromatic rings. The van der Waals surface area contributed by atoms with Crippen LogP contribution in [0.1, 0.15) is 20.3 Å². The Kier molecular flexibility index (Phi) is 6.80. The summed E-state index contributed by atoms with van der Waals surface area (Å²) in [5.41, 5.74) is 0. The Bertz CT molecular complexity index is 258. The van der Waals surface area contributed by atoms with E-state index in [1.54, 1.807) is 13.8 Å². The van der Waals surface area contributed by atoms with Gasteiger partial charge in [-0.1, -0.05) is 6.92 Å². The molecule has 4 nitrogen and oxygen atoms in total. The second kappa shape index (κ2) is 7.67. The second-order valence-electron chi connectivity index (χ2n) is 2.67. The molecular weight excluding hydrogens is 196 g/mol. The summed E-state index contributed by atoms with van der Waals surface area (Å²) < 4.78 is 4.55. The first-order chi connectivity index (χ1) is 7.10. The Balaban J connectivity index is 0.000000265. The van der Waals surface area contributed by atoms with Gasteiger partial charge in [0, 0.05) is 6.42 Å². The van der Waals surface area contributed by atoms with E-state index in [2.05, 4.69) is 4.74 Å². The molecule has 2 N–H and O–H groups in total. The topological polar surface area (TPSA) is 66.8 Å². The predicted molar refractivity (Wildman–Crippen MR) is 56.7 cm³/mol. The number of benzene rings is 1. The van der Waals surface area contributed by atoms with Gasteiger partial charge in [-0.15, -0.1) is 0 Å². The summed E-state index contributed by atoms with van der Waals surface area (Å²) in [5, 5.41) is 17.3. The number of hydrogen-bond acceptors (Lipinski definition) is 4. The van der Waals surface area contributed by atoms with Crippen molar-refractivity contribution in [3.63, 3.8) is 0 Å². The van der Waals surface area contributed by atoms with Crippen molar-refractivity contribution in [1.29, 1.82) is 0 Å². The molecule has 0 heterocycles. The highest BCUT2D eigenvalue weighted by atomic mass is 16.5. The van der Waals surface area contributed by atoms with Crippen molar-refractivity contribution in [3.05, 3.63) is 24.3 Å². The fourth-order valence-corrected chi connectivity index (χ4v) is 0.716. The van der Waals surface area contributed by atoms with Crippen molar-refractivity contribution in [2.45, 2.75) is 20.3 Å². The number of phenolic OH excluding ortho intramolecular Hbond substituents is 2. The highest BCUT2D eigenvalue weighted by molar-refractivity contribution is 5.68. The summed E-state index contributed by atoms with van der Waals surface area (Å²) >= 11 is 0. The van der Waals surface area contributed by atoms with Gasteiger partial charge in [0.2, 0.25) is 0 Å². The summed E-state index contributed by atoms with van der Waals surface area (Å²) in [7, 11) is 0. The van der Waals surface area contributed by atoms with Gasteiger partial charge < -0.3 is 14.9 Å². The number of aromatic hydroxyl groups is 2. The molecule has 0 saturated carbocycles. The molecule has 4 heteroatoms. The largest absolute Gasteiger partial charge is 0.508 e. The highest BCUT2D eigenvalue weighted by Gasteiger charge is 1.91. The van der Waals surface area contributed by atoms with Crippen LogP contribution in [0, 0.1) is 0 Å². The van der Waals surface area contributed by atoms with Crippen molar-refractivity contribution in [1.82, 2.24) is 0 Å². The number of rotatable bonds is 2. The normalized spacial score (nSPS) is 8.67. The molecule has 84 valence electrons. The second-order valence-corrected chi connectivity index (χ2v) is 2.67. The fourth-order valence-electron chi connectivity index (χ4n) is 0.716. The molecule has 0 fully saturated rings. The van der Waals surface area contributed by atoms with E-state index in [4.69, 9.17) is 10.2 Å². The van der Waals surface area contributed by atoms with Gasteiger partial charge in [0.05, 0.1) is 6.61 Å². The predicted octanol–water partition coefficient (Wildman–Crippen LogP) is 2.06. The fraction of sp³-hybridized carbons (Fsp3) is 0.364. The lowest BCUT2D eigenvalue weighted by Crippen LogP contribution is -2.00. The number of carbonyl (C=O) groups excluding carboxylic acids is 1. The molecule has 0 atom stereocenters. The van der Waals surface area contributed by atoms with Gasteiger partial charge in [-0.2, -0.15) is 0 Å². The molecular formula is C11H16O4. The van der Waals surface area contributed by atoms with Crippen molar-refractivity contribution in [3.8, 4) is 11.5 Å². The summed E-state index contributed by atoms with van der Waals surface area (Å²) in [6, 6.07) is 5.70. The first-order valence-electron chi connectivity index (χ1n) is 4.73. The quantitative estimate of drug-likeness (QED) is 0.581. The van der Waals surface area contributed by atoms with E-state index in [1.165, 1.54) is 24.3 Å². The van der Waals surface area contributed by atoms with E-state index in [1.807, 2.05) is 0 Å². The van der Waals surface area contributed by atoms with Gasteiger partial charge in [-0.05, 0) is 31.2 Å². The zero-order valence-electron chi connectivity index (χ0n) is 8.93. The summed E-state index contributed by atoms with van der Waals surface area (Å²) in [6.45, 7) is 4.07. The lowest BCUT2D eigenvalue weighted by Gasteiger charge is -1.93. The van der Waals surface area contributed by atoms with E-state index >= 15 is 0 Å². The number of esters is 1. The van der Waals surface area contributed by atoms with Gasteiger partial charge in [0.15, 0.2) is 0 Å². The lowest BCUT2D eigenvalue weighted by molar-refractivity contribution is -0.142. The van der Waals surface area contributed by atoms with E-state index in [-0.39, 0.29) is 17.5 Å². The van der Waals surface area contributed by atoms with Crippen molar-refractivity contribution in [2.75, 3.05) is 6.61 Å². The minimum Gasteiger partial charge on any atom is -0.508 e. The SMILES string of the molecule is CCOC(=O)CC.Oc1ccc(O)cc1. The van der Waals surface area contributed by atoms with Crippen LogP contribution >= 0.6 is 0 Å². The summed E-state index contributed by atoms with van der Waals surface area (Å²) in [4.78, 5) is 10.2. The molecule has 0 unspecified atom stereocenters. The molecule has 0 aliphatic carbocycles. The zero-order chi connectivity index (χ0) is 11.7. The average Bonchev–Trinajstić information content (AvgIpc) is 2.24. The van der Waals surface area contributed by atoms with Crippen LogP contribution in [-0.2, 0) is 9.53 Å². The van der Waals surface area contributed by atoms with Crippen molar-refractivity contribution < 1.29 is 19.7 Å². The molecule has 1 rings (SSSR count). The van der Waals surface area contributed by atoms with Gasteiger partial charge in [0.25, 0.3) is 0 Å². The van der Waals surface area contributed by atoms with Crippen molar-refractivity contribution in [2.24, 2.45) is 0 Å². The standard InChI is InChI=1S/C6H6O2.C5H10O2/c7-5-1-2-6(8)4-3-5;1-3-5(6)7-4-2/h1-4,7-8H;3-4H2,1-2H3. The Morgan fingerprint density at radius 1 is 1.13 bits per heavy atom. The number of phenols is 2. The third-order valence-corrected chi connectivity index (χ3v) is 1.44. The first-order valence-corrected chi connectivity index (χ1v) is 4.73. The third kappa shape index (κ3) is 7.37. The highest BCUT2D eigenvalue weighted by Crippen LogP contribution is 2.13. The van der Waals surface area contributed by atoms with Crippen LogP contribution in [0.3, 0.4) is 0 Å². The van der Waals surface area contributed by atoms with Crippen molar-refractivity contribution >= 4 is 5.97 Å². The lowest BCUT2D eigenvalue weighted by atomic mass is 10.3. The molecule has 0 amide bonds. The zero-order valence-corrected chi connectivity index (χ0v) is 8.93. The molecule has 0 radical (unpaired) electrons. The molecule has 0 saturated heterocycles. The van der Waals surface area contributed by atoms with Gasteiger partial charge in [-0.3, -0.25) is 4.79 Å². The third-order valence-electron chi connectivity index (χ3n) is 1.44. The van der Waals surface area contributed by atoms with Crippen LogP contribution in [0.15, 0.2) is 24.3 Å². The molecule has 0 aliphatic rings. The summed E-state index contributed by atoms with van der Waals surface area (Å²) in [5.74, 6) is 0.216. The molecule has 0 spiro atoms. The van der Waals surface area contributed by atoms with Crippen LogP contribution < -0.4 is 0 Å². The molecule has 0 bridgehead atoms. The molecule has 15 heavy (non-hydrogen) atoms. The minimum absolute atomic E-state index is 0.123. The monoisotopic (exact) mass is 212 g/mol. The Hall–Kier alpha value is -1.71. The Morgan fingerprint density at radius 2 is 1.53 bits per heavy atom. The van der Waals surface area contributed by atoms with Gasteiger partial charge >= 0.3 is 5.97 Å². The van der Waals surface area contributed by atoms with Gasteiger partial charge in [0.1, 0.15) is 11.5 Å². The van der Waals surface area contributed by atoms with Crippen LogP contribution in [0.25, 0.3) is 0 Å². The smallest absolute Gasteiger partial charge is 0.305 e. The van der Waals surface area contributed by atoms with Crippen LogP contribution in [0.4, 0.5) is 0 Å². The Morgan fingerprint density at radius 3 is 1.73 bits per heavy atom. The van der Waals surface area contributed by atoms with E-state index in [0.717, 1.165) is 0 Å². The number of carbonyl (C=O) groups is 1. The van der Waals surface area contributed by atoms with Crippen LogP contribution in [0.2, 0.25) is 0 Å². The Labute approximate surface area is 89.1 Å². The van der Waals surface area contributed by atoms with Crippen LogP contribution in [-0.4, -0.2) is 22.8 Å². The summed E-state index contributed by atoms with van der Waals surface area (Å²) in [6.07, 6.45) is 0.480. The maximum absolute atomic E-state index is 10.2. The molecule has 1 aromatic carbocycles. The van der Waals surface area contributed by atoms with E-state index in [9.17, 15) is 4.79 Å². The first kappa shape index (κ1) is 13.3. The molecule has 0 aliphatic heterocycles. The number of hydrogen-bond donors (Lipinski definition) is 2. The van der Waals surface area contributed by atoms with E-state index in [0.29, 0.717) is 13.0 Å². The van der Waals surface area contributed by atoms with Gasteiger partial charge in [-0.25, -0.2) is 0 Å². The minimum atomic E-state index is -0.123. The maximum atomic E-state index is 10.2.